The van der Waals surface area contributed by atoms with Gasteiger partial charge in [-0.3, -0.25) is 4.90 Å². The highest BCUT2D eigenvalue weighted by molar-refractivity contribution is 6.03. The molecule has 2 amide bonds. The molecular formula is C16H14N2O. The Kier molecular flexibility index (Phi) is 2.60. The molecule has 0 fully saturated rings. The van der Waals surface area contributed by atoms with Crippen LogP contribution >= 0.6 is 0 Å². The maximum Gasteiger partial charge on any atom is 0.323 e. The molecule has 0 radical (unpaired) electrons. The van der Waals surface area contributed by atoms with Crippen LogP contribution in [0.5, 0.6) is 0 Å². The van der Waals surface area contributed by atoms with Gasteiger partial charge in [0.25, 0.3) is 0 Å². The molecule has 0 atom stereocenters. The summed E-state index contributed by atoms with van der Waals surface area (Å²) in [5.41, 5.74) is 10.2. The molecule has 3 rings (SSSR count). The molecule has 0 unspecified atom stereocenters. The van der Waals surface area contributed by atoms with Gasteiger partial charge in [-0.1, -0.05) is 43.0 Å². The van der Waals surface area contributed by atoms with Crippen molar-refractivity contribution in [2.24, 2.45) is 5.73 Å². The van der Waals surface area contributed by atoms with Gasteiger partial charge < -0.3 is 5.73 Å². The molecule has 0 aliphatic carbocycles. The number of benzene rings is 2. The smallest absolute Gasteiger partial charge is 0.323 e. The lowest BCUT2D eigenvalue weighted by Crippen LogP contribution is -2.32. The molecule has 0 bridgehead atoms. The number of allylic oxidation sites excluding steroid dienone is 1. The van der Waals surface area contributed by atoms with Gasteiger partial charge in [-0.25, -0.2) is 4.79 Å². The first-order chi connectivity index (χ1) is 9.18. The summed E-state index contributed by atoms with van der Waals surface area (Å²) >= 11 is 0. The van der Waals surface area contributed by atoms with Crippen molar-refractivity contribution in [1.82, 2.24) is 0 Å². The summed E-state index contributed by atoms with van der Waals surface area (Å²) in [6.45, 7) is 4.13. The molecule has 1 heterocycles. The number of nitrogens with two attached hydrogens (primary N) is 1. The van der Waals surface area contributed by atoms with Crippen LogP contribution in [0.25, 0.3) is 5.57 Å². The van der Waals surface area contributed by atoms with E-state index in [4.69, 9.17) is 5.73 Å². The first-order valence-electron chi connectivity index (χ1n) is 6.13. The molecule has 2 aromatic carbocycles. The van der Waals surface area contributed by atoms with Crippen LogP contribution in [0.15, 0.2) is 55.1 Å². The Hall–Kier alpha value is -2.55. The molecule has 2 N–H and O–H groups in total. The Morgan fingerprint density at radius 2 is 1.68 bits per heavy atom. The lowest BCUT2D eigenvalue weighted by Gasteiger charge is -2.22. The first kappa shape index (κ1) is 11.5. The zero-order valence-corrected chi connectivity index (χ0v) is 10.5. The third-order valence-electron chi connectivity index (χ3n) is 3.38. The third kappa shape index (κ3) is 1.80. The van der Waals surface area contributed by atoms with Crippen molar-refractivity contribution in [1.29, 1.82) is 0 Å². The van der Waals surface area contributed by atoms with E-state index in [9.17, 15) is 4.79 Å². The van der Waals surface area contributed by atoms with Crippen molar-refractivity contribution in [2.75, 3.05) is 4.90 Å². The van der Waals surface area contributed by atoms with E-state index >= 15 is 0 Å². The lowest BCUT2D eigenvalue weighted by molar-refractivity contribution is 0.256. The van der Waals surface area contributed by atoms with Gasteiger partial charge in [0.2, 0.25) is 0 Å². The van der Waals surface area contributed by atoms with Gasteiger partial charge in [-0.15, -0.1) is 0 Å². The lowest BCUT2D eigenvalue weighted by atomic mass is 10.00. The maximum atomic E-state index is 11.9. The second-order valence-corrected chi connectivity index (χ2v) is 4.60. The highest BCUT2D eigenvalue weighted by atomic mass is 16.2. The van der Waals surface area contributed by atoms with Gasteiger partial charge in [0, 0.05) is 5.56 Å². The second kappa shape index (κ2) is 4.28. The Balaban J connectivity index is 2.32. The number of hydrogen-bond donors (Lipinski definition) is 1. The van der Waals surface area contributed by atoms with E-state index in [2.05, 4.69) is 6.58 Å². The zero-order valence-electron chi connectivity index (χ0n) is 10.5. The monoisotopic (exact) mass is 250 g/mol. The molecule has 0 aromatic heterocycles. The standard InChI is InChI=1S/C16H14N2O/c1-11-10-12-6-2-4-8-14(12)18(16(17)19)15-9-5-3-7-13(11)15/h2-9H,1,10H2,(H2,17,19). The molecular weight excluding hydrogens is 236 g/mol. The Labute approximate surface area is 112 Å². The number of carbonyl (C=O) groups is 1. The van der Waals surface area contributed by atoms with Gasteiger partial charge in [0.1, 0.15) is 0 Å². The summed E-state index contributed by atoms with van der Waals surface area (Å²) in [5, 5.41) is 0. The molecule has 2 aromatic rings. The minimum Gasteiger partial charge on any atom is -0.351 e. The average molecular weight is 250 g/mol. The van der Waals surface area contributed by atoms with E-state index in [1.54, 1.807) is 4.90 Å². The molecule has 0 saturated carbocycles. The Morgan fingerprint density at radius 3 is 2.42 bits per heavy atom. The maximum absolute atomic E-state index is 11.9. The highest BCUT2D eigenvalue weighted by Crippen LogP contribution is 2.39. The third-order valence-corrected chi connectivity index (χ3v) is 3.38. The fourth-order valence-electron chi connectivity index (χ4n) is 2.54. The number of amides is 2. The van der Waals surface area contributed by atoms with E-state index < -0.39 is 6.03 Å². The van der Waals surface area contributed by atoms with E-state index in [0.717, 1.165) is 34.5 Å². The van der Waals surface area contributed by atoms with Crippen LogP contribution < -0.4 is 10.6 Å². The number of nitrogens with zero attached hydrogens (tertiary/aromatic N) is 1. The molecule has 0 spiro atoms. The van der Waals surface area contributed by atoms with E-state index in [1.165, 1.54) is 0 Å². The van der Waals surface area contributed by atoms with Crippen molar-refractivity contribution in [3.63, 3.8) is 0 Å². The number of para-hydroxylation sites is 2. The number of urea groups is 1. The predicted molar refractivity (Wildman–Crippen MR) is 77.3 cm³/mol. The molecule has 1 aliphatic heterocycles. The number of hydrogen-bond acceptors (Lipinski definition) is 1. The summed E-state index contributed by atoms with van der Waals surface area (Å²) in [6, 6.07) is 15.0. The van der Waals surface area contributed by atoms with Gasteiger partial charge in [-0.2, -0.15) is 0 Å². The highest BCUT2D eigenvalue weighted by Gasteiger charge is 2.24. The fraction of sp³-hybridized carbons (Fsp3) is 0.0625. The molecule has 1 aliphatic rings. The minimum atomic E-state index is -0.477. The van der Waals surface area contributed by atoms with Crippen LogP contribution in [-0.4, -0.2) is 6.03 Å². The second-order valence-electron chi connectivity index (χ2n) is 4.60. The van der Waals surface area contributed by atoms with Crippen LogP contribution in [-0.2, 0) is 6.42 Å². The van der Waals surface area contributed by atoms with Crippen molar-refractivity contribution in [2.45, 2.75) is 6.42 Å². The van der Waals surface area contributed by atoms with Crippen LogP contribution in [0.1, 0.15) is 11.1 Å². The Bertz CT molecular complexity index is 676. The molecule has 3 heteroatoms. The van der Waals surface area contributed by atoms with E-state index in [1.807, 2.05) is 48.5 Å². The molecule has 0 saturated heterocycles. The number of rotatable bonds is 0. The van der Waals surface area contributed by atoms with Crippen molar-refractivity contribution in [3.8, 4) is 0 Å². The number of primary amides is 1. The van der Waals surface area contributed by atoms with Gasteiger partial charge >= 0.3 is 6.03 Å². The summed E-state index contributed by atoms with van der Waals surface area (Å²) in [7, 11) is 0. The number of anilines is 2. The minimum absolute atomic E-state index is 0.477. The molecule has 3 nitrogen and oxygen atoms in total. The van der Waals surface area contributed by atoms with E-state index in [-0.39, 0.29) is 0 Å². The molecule has 94 valence electrons. The zero-order chi connectivity index (χ0) is 13.4. The summed E-state index contributed by atoms with van der Waals surface area (Å²) < 4.78 is 0. The topological polar surface area (TPSA) is 46.3 Å². The first-order valence-corrected chi connectivity index (χ1v) is 6.13. The van der Waals surface area contributed by atoms with Crippen LogP contribution in [0.3, 0.4) is 0 Å². The van der Waals surface area contributed by atoms with Crippen molar-refractivity contribution < 1.29 is 4.79 Å². The van der Waals surface area contributed by atoms with Crippen LogP contribution in [0.4, 0.5) is 16.2 Å². The quantitative estimate of drug-likeness (QED) is 0.764. The van der Waals surface area contributed by atoms with Crippen LogP contribution in [0.2, 0.25) is 0 Å². The summed E-state index contributed by atoms with van der Waals surface area (Å²) in [6.07, 6.45) is 0.719. The van der Waals surface area contributed by atoms with Crippen molar-refractivity contribution in [3.05, 3.63) is 66.2 Å². The van der Waals surface area contributed by atoms with Gasteiger partial charge in [0.05, 0.1) is 11.4 Å². The summed E-state index contributed by atoms with van der Waals surface area (Å²) in [5.74, 6) is 0. The predicted octanol–water partition coefficient (Wildman–Crippen LogP) is 3.47. The summed E-state index contributed by atoms with van der Waals surface area (Å²) in [4.78, 5) is 13.4. The largest absolute Gasteiger partial charge is 0.351 e. The molecule has 19 heavy (non-hydrogen) atoms. The average Bonchev–Trinajstić information content (AvgIpc) is 2.53. The SMILES string of the molecule is C=C1Cc2ccccc2N(C(N)=O)c2ccccc21. The van der Waals surface area contributed by atoms with Gasteiger partial charge in [-0.05, 0) is 29.7 Å². The van der Waals surface area contributed by atoms with E-state index in [0.29, 0.717) is 0 Å². The van der Waals surface area contributed by atoms with Crippen molar-refractivity contribution >= 4 is 23.0 Å². The number of fused-ring (bicyclic) bond motifs is 2. The van der Waals surface area contributed by atoms with Gasteiger partial charge in [0.15, 0.2) is 0 Å². The fourth-order valence-corrected chi connectivity index (χ4v) is 2.54. The Morgan fingerprint density at radius 1 is 1.05 bits per heavy atom. The number of carbonyl (C=O) groups excluding carboxylic acids is 1. The van der Waals surface area contributed by atoms with Crippen LogP contribution in [0, 0.1) is 0 Å². The normalized spacial score (nSPS) is 13.5.